The van der Waals surface area contributed by atoms with Crippen molar-refractivity contribution in [2.75, 3.05) is 6.61 Å². The van der Waals surface area contributed by atoms with Crippen molar-refractivity contribution in [2.45, 2.75) is 13.5 Å². The number of hydrogen-bond acceptors (Lipinski definition) is 3. The molecule has 0 unspecified atom stereocenters. The van der Waals surface area contributed by atoms with Crippen LogP contribution in [0, 0.1) is 0 Å². The van der Waals surface area contributed by atoms with Crippen molar-refractivity contribution >= 4 is 56.7 Å². The smallest absolute Gasteiger partial charge is 0.338 e. The van der Waals surface area contributed by atoms with Crippen molar-refractivity contribution < 1.29 is 14.3 Å². The van der Waals surface area contributed by atoms with Crippen molar-refractivity contribution in [3.05, 3.63) is 61.0 Å². The lowest BCUT2D eigenvalue weighted by Crippen LogP contribution is -2.05. The molecule has 0 atom stereocenters. The van der Waals surface area contributed by atoms with Gasteiger partial charge in [-0.1, -0.05) is 40.9 Å². The average Bonchev–Trinajstić information content (AvgIpc) is 2.50. The lowest BCUT2D eigenvalue weighted by Gasteiger charge is -2.12. The Morgan fingerprint density at radius 2 is 1.83 bits per heavy atom. The second-order valence-electron chi connectivity index (χ2n) is 4.53. The third-order valence-corrected chi connectivity index (χ3v) is 4.49. The molecule has 7 heteroatoms. The van der Waals surface area contributed by atoms with E-state index in [9.17, 15) is 4.79 Å². The zero-order valence-electron chi connectivity index (χ0n) is 12.0. The van der Waals surface area contributed by atoms with Crippen LogP contribution in [0.15, 0.2) is 34.8 Å². The normalized spacial score (nSPS) is 10.5. The predicted molar refractivity (Wildman–Crippen MR) is 95.9 cm³/mol. The summed E-state index contributed by atoms with van der Waals surface area (Å²) >= 11 is 21.4. The van der Waals surface area contributed by atoms with Crippen LogP contribution in [0.25, 0.3) is 0 Å². The van der Waals surface area contributed by atoms with Crippen molar-refractivity contribution in [3.63, 3.8) is 0 Å². The maximum absolute atomic E-state index is 11.7. The third kappa shape index (κ3) is 4.77. The van der Waals surface area contributed by atoms with E-state index in [4.69, 9.17) is 44.3 Å². The summed E-state index contributed by atoms with van der Waals surface area (Å²) in [7, 11) is 0. The number of ether oxygens (including phenoxy) is 2. The van der Waals surface area contributed by atoms with Gasteiger partial charge in [-0.3, -0.25) is 0 Å². The van der Waals surface area contributed by atoms with E-state index in [1.54, 1.807) is 25.1 Å². The second kappa shape index (κ2) is 8.25. The Hall–Kier alpha value is -0.940. The van der Waals surface area contributed by atoms with Gasteiger partial charge in [0.05, 0.1) is 31.7 Å². The summed E-state index contributed by atoms with van der Waals surface area (Å²) in [6.45, 7) is 2.29. The summed E-state index contributed by atoms with van der Waals surface area (Å²) in [5.74, 6) is -0.00285. The minimum atomic E-state index is -0.439. The third-order valence-electron chi connectivity index (χ3n) is 2.88. The highest BCUT2D eigenvalue weighted by Gasteiger charge is 2.15. The first kappa shape index (κ1) is 18.4. The molecule has 0 aliphatic heterocycles. The maximum Gasteiger partial charge on any atom is 0.338 e. The summed E-state index contributed by atoms with van der Waals surface area (Å²) in [5, 5.41) is 1.24. The molecule has 0 heterocycles. The molecule has 0 saturated carbocycles. The fraction of sp³-hybridized carbons (Fsp3) is 0.188. The Balaban J connectivity index is 2.16. The average molecular weight is 439 g/mol. The molecule has 2 aromatic carbocycles. The topological polar surface area (TPSA) is 35.5 Å². The highest BCUT2D eigenvalue weighted by atomic mass is 79.9. The lowest BCUT2D eigenvalue weighted by molar-refractivity contribution is 0.0526. The highest BCUT2D eigenvalue weighted by Crippen LogP contribution is 2.35. The molecule has 2 rings (SSSR count). The molecule has 0 spiro atoms. The van der Waals surface area contributed by atoms with Crippen LogP contribution in [0.4, 0.5) is 0 Å². The molecule has 0 saturated heterocycles. The Morgan fingerprint density at radius 3 is 2.43 bits per heavy atom. The fourth-order valence-electron chi connectivity index (χ4n) is 1.81. The van der Waals surface area contributed by atoms with Crippen molar-refractivity contribution in [3.8, 4) is 5.75 Å². The fourth-order valence-corrected chi connectivity index (χ4v) is 3.10. The zero-order valence-corrected chi connectivity index (χ0v) is 15.9. The highest BCUT2D eigenvalue weighted by molar-refractivity contribution is 9.10. The molecule has 0 bridgehead atoms. The van der Waals surface area contributed by atoms with Gasteiger partial charge in [-0.15, -0.1) is 0 Å². The molecule has 2 aromatic rings. The van der Waals surface area contributed by atoms with Crippen LogP contribution in [-0.2, 0) is 11.3 Å². The standard InChI is InChI=1S/C16H12BrCl3O3/c1-2-22-16(21)10-6-11(17)15(14(20)7-10)23-8-9-3-4-12(18)13(19)5-9/h3-7H,2,8H2,1H3. The van der Waals surface area contributed by atoms with E-state index in [1.165, 1.54) is 6.07 Å². The van der Waals surface area contributed by atoms with E-state index in [0.717, 1.165) is 5.56 Å². The van der Waals surface area contributed by atoms with Crippen molar-refractivity contribution in [2.24, 2.45) is 0 Å². The number of esters is 1. The minimum Gasteiger partial charge on any atom is -0.486 e. The van der Waals surface area contributed by atoms with Crippen molar-refractivity contribution in [1.82, 2.24) is 0 Å². The van der Waals surface area contributed by atoms with E-state index in [1.807, 2.05) is 6.07 Å². The summed E-state index contributed by atoms with van der Waals surface area (Å²) in [6, 6.07) is 8.34. The van der Waals surface area contributed by atoms with Gasteiger partial charge in [0.1, 0.15) is 6.61 Å². The maximum atomic E-state index is 11.7. The Morgan fingerprint density at radius 1 is 1.09 bits per heavy atom. The Bertz CT molecular complexity index is 712. The van der Waals surface area contributed by atoms with Gasteiger partial charge in [0.2, 0.25) is 0 Å². The van der Waals surface area contributed by atoms with Crippen LogP contribution in [0.3, 0.4) is 0 Å². The molecular weight excluding hydrogens is 426 g/mol. The van der Waals surface area contributed by atoms with Gasteiger partial charge in [-0.05, 0) is 52.7 Å². The minimum absolute atomic E-state index is 0.258. The van der Waals surface area contributed by atoms with E-state index < -0.39 is 5.97 Å². The van der Waals surface area contributed by atoms with E-state index in [2.05, 4.69) is 15.9 Å². The first-order chi connectivity index (χ1) is 10.9. The van der Waals surface area contributed by atoms with Crippen molar-refractivity contribution in [1.29, 1.82) is 0 Å². The number of carbonyl (C=O) groups excluding carboxylic acids is 1. The molecule has 0 fully saturated rings. The van der Waals surface area contributed by atoms with Gasteiger partial charge in [0.25, 0.3) is 0 Å². The molecule has 23 heavy (non-hydrogen) atoms. The van der Waals surface area contributed by atoms with Crippen LogP contribution in [0.2, 0.25) is 15.1 Å². The van der Waals surface area contributed by atoms with E-state index >= 15 is 0 Å². The van der Waals surface area contributed by atoms with Crippen LogP contribution in [-0.4, -0.2) is 12.6 Å². The van der Waals surface area contributed by atoms with Crippen LogP contribution in [0.5, 0.6) is 5.75 Å². The zero-order chi connectivity index (χ0) is 17.0. The van der Waals surface area contributed by atoms with Crippen LogP contribution < -0.4 is 4.74 Å². The SMILES string of the molecule is CCOC(=O)c1cc(Cl)c(OCc2ccc(Cl)c(Cl)c2)c(Br)c1. The monoisotopic (exact) mass is 436 g/mol. The second-order valence-corrected chi connectivity index (χ2v) is 6.60. The summed E-state index contributed by atoms with van der Waals surface area (Å²) in [6.07, 6.45) is 0. The van der Waals surface area contributed by atoms with Gasteiger partial charge in [-0.25, -0.2) is 4.79 Å². The number of hydrogen-bond donors (Lipinski definition) is 0. The van der Waals surface area contributed by atoms with Gasteiger partial charge >= 0.3 is 5.97 Å². The largest absolute Gasteiger partial charge is 0.486 e. The summed E-state index contributed by atoms with van der Waals surface area (Å²) < 4.78 is 11.2. The van der Waals surface area contributed by atoms with Crippen LogP contribution >= 0.6 is 50.7 Å². The molecule has 122 valence electrons. The molecule has 0 amide bonds. The van der Waals surface area contributed by atoms with Gasteiger partial charge in [-0.2, -0.15) is 0 Å². The predicted octanol–water partition coefficient (Wildman–Crippen LogP) is 6.17. The molecule has 0 aromatic heterocycles. The Kier molecular flexibility index (Phi) is 6.60. The quantitative estimate of drug-likeness (QED) is 0.524. The van der Waals surface area contributed by atoms with Crippen LogP contribution in [0.1, 0.15) is 22.8 Å². The molecule has 0 aliphatic carbocycles. The lowest BCUT2D eigenvalue weighted by atomic mass is 10.2. The Labute approximate surface area is 157 Å². The molecule has 0 radical (unpaired) electrons. The van der Waals surface area contributed by atoms with Gasteiger partial charge in [0.15, 0.2) is 5.75 Å². The molecule has 0 N–H and O–H groups in total. The first-order valence-electron chi connectivity index (χ1n) is 6.65. The molecule has 0 aliphatic rings. The first-order valence-corrected chi connectivity index (χ1v) is 8.58. The van der Waals surface area contributed by atoms with E-state index in [-0.39, 0.29) is 6.61 Å². The summed E-state index contributed by atoms with van der Waals surface area (Å²) in [4.78, 5) is 11.7. The molecular formula is C16H12BrCl3O3. The number of rotatable bonds is 5. The van der Waals surface area contributed by atoms with E-state index in [0.29, 0.717) is 37.5 Å². The summed E-state index contributed by atoms with van der Waals surface area (Å²) in [5.41, 5.74) is 1.20. The molecule has 3 nitrogen and oxygen atoms in total. The number of benzene rings is 2. The van der Waals surface area contributed by atoms with Gasteiger partial charge < -0.3 is 9.47 Å². The van der Waals surface area contributed by atoms with Gasteiger partial charge in [0, 0.05) is 0 Å². The number of halogens is 4. The number of carbonyl (C=O) groups is 1.